The molecule has 1 saturated heterocycles. The zero-order valence-corrected chi connectivity index (χ0v) is 18.9. The van der Waals surface area contributed by atoms with Gasteiger partial charge in [-0.1, -0.05) is 0 Å². The molecule has 5 rings (SSSR count). The third-order valence-corrected chi connectivity index (χ3v) is 7.01. The van der Waals surface area contributed by atoms with Gasteiger partial charge in [-0.2, -0.15) is 5.10 Å². The molecule has 0 aliphatic carbocycles. The van der Waals surface area contributed by atoms with Gasteiger partial charge in [0.2, 0.25) is 0 Å². The number of phenols is 1. The number of rotatable bonds is 3. The van der Waals surface area contributed by atoms with Gasteiger partial charge in [-0.05, 0) is 44.9 Å². The highest BCUT2D eigenvalue weighted by molar-refractivity contribution is 6.09. The second-order valence-corrected chi connectivity index (χ2v) is 8.79. The molecular weight excluding hydrogens is 406 g/mol. The summed E-state index contributed by atoms with van der Waals surface area (Å²) in [5.74, 6) is 0.0421. The van der Waals surface area contributed by atoms with Crippen molar-refractivity contribution >= 4 is 22.7 Å². The van der Waals surface area contributed by atoms with E-state index in [0.29, 0.717) is 37.3 Å². The lowest BCUT2D eigenvalue weighted by Crippen LogP contribution is -2.37. The van der Waals surface area contributed by atoms with Gasteiger partial charge in [0.05, 0.1) is 12.1 Å². The minimum Gasteiger partial charge on any atom is -0.508 e. The van der Waals surface area contributed by atoms with Crippen molar-refractivity contribution in [2.75, 3.05) is 19.6 Å². The first-order valence-corrected chi connectivity index (χ1v) is 11.4. The van der Waals surface area contributed by atoms with E-state index >= 15 is 0 Å². The molecule has 0 spiro atoms. The van der Waals surface area contributed by atoms with Crippen LogP contribution in [0.2, 0.25) is 0 Å². The van der Waals surface area contributed by atoms with Crippen LogP contribution in [0.4, 0.5) is 0 Å². The van der Waals surface area contributed by atoms with Crippen LogP contribution in [0, 0.1) is 6.92 Å². The minimum atomic E-state index is -0.0758. The second kappa shape index (κ2) is 7.69. The monoisotopic (exact) mass is 435 g/mol. The average Bonchev–Trinajstić information content (AvgIpc) is 3.50. The van der Waals surface area contributed by atoms with Crippen LogP contribution in [0.15, 0.2) is 18.2 Å². The van der Waals surface area contributed by atoms with Crippen LogP contribution in [0.25, 0.3) is 10.9 Å². The molecule has 1 fully saturated rings. The van der Waals surface area contributed by atoms with Gasteiger partial charge in [0.25, 0.3) is 11.8 Å². The fourth-order valence-electron chi connectivity index (χ4n) is 5.16. The van der Waals surface area contributed by atoms with Crippen LogP contribution in [0.5, 0.6) is 5.75 Å². The molecule has 4 heterocycles. The molecule has 168 valence electrons. The Bertz CT molecular complexity index is 1230. The molecule has 0 saturated carbocycles. The number of amides is 2. The summed E-state index contributed by atoms with van der Waals surface area (Å²) in [6.45, 7) is 7.15. The summed E-state index contributed by atoms with van der Waals surface area (Å²) in [7, 11) is 1.93. The van der Waals surface area contributed by atoms with Gasteiger partial charge in [-0.3, -0.25) is 14.3 Å². The van der Waals surface area contributed by atoms with Gasteiger partial charge in [0.15, 0.2) is 5.69 Å². The second-order valence-electron chi connectivity index (χ2n) is 8.79. The Morgan fingerprint density at radius 3 is 2.56 bits per heavy atom. The number of aromatic hydroxyl groups is 1. The fraction of sp³-hybridized carbons (Fsp3) is 0.458. The molecule has 1 aromatic carbocycles. The first-order chi connectivity index (χ1) is 15.4. The Hall–Kier alpha value is -3.29. The lowest BCUT2D eigenvalue weighted by Gasteiger charge is -2.28. The third-order valence-electron chi connectivity index (χ3n) is 7.01. The molecule has 1 N–H and O–H groups in total. The molecule has 3 aromatic rings. The highest BCUT2D eigenvalue weighted by Gasteiger charge is 2.34. The van der Waals surface area contributed by atoms with Crippen molar-refractivity contribution in [1.29, 1.82) is 0 Å². The molecular formula is C24H29N5O3. The summed E-state index contributed by atoms with van der Waals surface area (Å²) >= 11 is 0. The molecule has 0 unspecified atom stereocenters. The Morgan fingerprint density at radius 1 is 1.09 bits per heavy atom. The molecule has 2 amide bonds. The van der Waals surface area contributed by atoms with E-state index in [9.17, 15) is 14.7 Å². The summed E-state index contributed by atoms with van der Waals surface area (Å²) in [6, 6.07) is 5.13. The molecule has 2 aromatic heterocycles. The Kier molecular flexibility index (Phi) is 4.95. The number of hydrogen-bond acceptors (Lipinski definition) is 4. The molecule has 2 aliphatic rings. The highest BCUT2D eigenvalue weighted by atomic mass is 16.3. The normalized spacial score (nSPS) is 16.1. The topological polar surface area (TPSA) is 83.6 Å². The zero-order chi connectivity index (χ0) is 22.6. The van der Waals surface area contributed by atoms with Crippen LogP contribution in [0.3, 0.4) is 0 Å². The number of fused-ring (bicyclic) bond motifs is 2. The van der Waals surface area contributed by atoms with Crippen LogP contribution in [-0.2, 0) is 26.6 Å². The van der Waals surface area contributed by atoms with Crippen LogP contribution in [-0.4, -0.2) is 60.7 Å². The van der Waals surface area contributed by atoms with Crippen LogP contribution >= 0.6 is 0 Å². The maximum absolute atomic E-state index is 13.7. The Morgan fingerprint density at radius 2 is 1.84 bits per heavy atom. The number of aromatic nitrogens is 3. The van der Waals surface area contributed by atoms with E-state index in [1.165, 1.54) is 0 Å². The van der Waals surface area contributed by atoms with Crippen molar-refractivity contribution in [3.63, 3.8) is 0 Å². The standard InChI is InChI=1S/C24H29N5O3/c1-4-29-20-9-12-28(14-18(20)22(25-29)24(32)27-10-5-6-11-27)23(31)21-15(2)26(3)19-8-7-16(30)13-17(19)21/h7-8,13,30H,4-6,9-12,14H2,1-3H3. The SMILES string of the molecule is CCn1nc(C(=O)N2CCCC2)c2c1CCN(C(=O)c1c(C)n(C)c3ccc(O)cc13)C2. The van der Waals surface area contributed by atoms with Crippen molar-refractivity contribution in [3.8, 4) is 5.75 Å². The molecule has 8 heteroatoms. The predicted molar refractivity (Wildman–Crippen MR) is 121 cm³/mol. The summed E-state index contributed by atoms with van der Waals surface area (Å²) in [4.78, 5) is 30.6. The van der Waals surface area contributed by atoms with E-state index in [2.05, 4.69) is 5.10 Å². The van der Waals surface area contributed by atoms with E-state index < -0.39 is 0 Å². The first-order valence-electron chi connectivity index (χ1n) is 11.4. The van der Waals surface area contributed by atoms with Crippen LogP contribution in [0.1, 0.15) is 57.6 Å². The predicted octanol–water partition coefficient (Wildman–Crippen LogP) is 2.84. The minimum absolute atomic E-state index is 0.0217. The van der Waals surface area contributed by atoms with Gasteiger partial charge < -0.3 is 19.5 Å². The van der Waals surface area contributed by atoms with Crippen molar-refractivity contribution in [2.45, 2.75) is 46.2 Å². The molecule has 32 heavy (non-hydrogen) atoms. The van der Waals surface area contributed by atoms with Gasteiger partial charge in [0, 0.05) is 67.5 Å². The number of carbonyl (C=O) groups excluding carboxylic acids is 2. The third kappa shape index (κ3) is 3.08. The maximum Gasteiger partial charge on any atom is 0.274 e. The smallest absolute Gasteiger partial charge is 0.274 e. The Labute approximate surface area is 187 Å². The zero-order valence-electron chi connectivity index (χ0n) is 18.9. The molecule has 2 aliphatic heterocycles. The maximum atomic E-state index is 13.7. The summed E-state index contributed by atoms with van der Waals surface area (Å²) < 4.78 is 3.90. The average molecular weight is 436 g/mol. The van der Waals surface area contributed by atoms with Gasteiger partial charge in [-0.15, -0.1) is 0 Å². The number of hydrogen-bond donors (Lipinski definition) is 1. The fourth-order valence-corrected chi connectivity index (χ4v) is 5.16. The van der Waals surface area contributed by atoms with Gasteiger partial charge in [0.1, 0.15) is 5.75 Å². The van der Waals surface area contributed by atoms with Crippen molar-refractivity contribution in [1.82, 2.24) is 24.1 Å². The summed E-state index contributed by atoms with van der Waals surface area (Å²) in [5, 5.41) is 15.4. The highest BCUT2D eigenvalue weighted by Crippen LogP contribution is 2.31. The summed E-state index contributed by atoms with van der Waals surface area (Å²) in [5.41, 5.74) is 4.81. The lowest BCUT2D eigenvalue weighted by atomic mass is 10.0. The van der Waals surface area contributed by atoms with E-state index in [0.717, 1.165) is 53.8 Å². The van der Waals surface area contributed by atoms with Crippen molar-refractivity contribution in [3.05, 3.63) is 46.4 Å². The molecule has 0 bridgehead atoms. The van der Waals surface area contributed by atoms with Gasteiger partial charge >= 0.3 is 0 Å². The largest absolute Gasteiger partial charge is 0.508 e. The molecule has 0 radical (unpaired) electrons. The number of likely N-dealkylation sites (tertiary alicyclic amines) is 1. The van der Waals surface area contributed by atoms with E-state index in [1.54, 1.807) is 12.1 Å². The number of phenolic OH excluding ortho intramolecular Hbond substituents is 1. The number of carbonyl (C=O) groups is 2. The van der Waals surface area contributed by atoms with E-state index in [-0.39, 0.29) is 17.6 Å². The Balaban J connectivity index is 1.52. The van der Waals surface area contributed by atoms with E-state index in [1.807, 2.05) is 46.0 Å². The van der Waals surface area contributed by atoms with E-state index in [4.69, 9.17) is 0 Å². The van der Waals surface area contributed by atoms with Crippen molar-refractivity contribution in [2.24, 2.45) is 7.05 Å². The summed E-state index contributed by atoms with van der Waals surface area (Å²) in [6.07, 6.45) is 2.73. The van der Waals surface area contributed by atoms with Crippen LogP contribution < -0.4 is 0 Å². The quantitative estimate of drug-likeness (QED) is 0.686. The number of aryl methyl sites for hydroxylation is 2. The molecule has 8 nitrogen and oxygen atoms in total. The number of benzene rings is 1. The number of nitrogens with zero attached hydrogens (tertiary/aromatic N) is 5. The van der Waals surface area contributed by atoms with Gasteiger partial charge in [-0.25, -0.2) is 0 Å². The molecule has 0 atom stereocenters. The van der Waals surface area contributed by atoms with Crippen molar-refractivity contribution < 1.29 is 14.7 Å². The lowest BCUT2D eigenvalue weighted by molar-refractivity contribution is 0.0723. The first kappa shape index (κ1) is 20.6.